The molecule has 1 saturated heterocycles. The average Bonchev–Trinajstić information content (AvgIpc) is 2.38. The van der Waals surface area contributed by atoms with Gasteiger partial charge in [-0.05, 0) is 59.5 Å². The van der Waals surface area contributed by atoms with E-state index in [0.29, 0.717) is 12.1 Å². The monoisotopic (exact) mass is 406 g/mol. The van der Waals surface area contributed by atoms with Crippen molar-refractivity contribution in [1.29, 1.82) is 0 Å². The standard InChI is InChI=1S/C16H24ClIN2/c1-4-14-9-19-13(7-11(2)3)10-20(14)16-6-5-12(17)8-15(16)18/h5-6,8,11,13-14,19H,4,7,9-10H2,1-3H3. The van der Waals surface area contributed by atoms with Crippen molar-refractivity contribution in [3.8, 4) is 0 Å². The minimum atomic E-state index is 0.577. The molecular weight excluding hydrogens is 383 g/mol. The zero-order valence-corrected chi connectivity index (χ0v) is 15.4. The van der Waals surface area contributed by atoms with Crippen LogP contribution < -0.4 is 10.2 Å². The fourth-order valence-electron chi connectivity index (χ4n) is 2.96. The van der Waals surface area contributed by atoms with Crippen molar-refractivity contribution in [1.82, 2.24) is 5.32 Å². The second kappa shape index (κ2) is 7.32. The minimum absolute atomic E-state index is 0.577. The summed E-state index contributed by atoms with van der Waals surface area (Å²) in [4.78, 5) is 2.57. The van der Waals surface area contributed by atoms with Crippen molar-refractivity contribution in [3.05, 3.63) is 26.8 Å². The lowest BCUT2D eigenvalue weighted by Gasteiger charge is -2.42. The summed E-state index contributed by atoms with van der Waals surface area (Å²) in [5, 5.41) is 4.53. The van der Waals surface area contributed by atoms with Gasteiger partial charge in [-0.2, -0.15) is 0 Å². The Morgan fingerprint density at radius 2 is 2.20 bits per heavy atom. The second-order valence-electron chi connectivity index (χ2n) is 6.04. The lowest BCUT2D eigenvalue weighted by Crippen LogP contribution is -2.57. The van der Waals surface area contributed by atoms with Crippen molar-refractivity contribution in [3.63, 3.8) is 0 Å². The van der Waals surface area contributed by atoms with E-state index in [1.807, 2.05) is 6.07 Å². The van der Waals surface area contributed by atoms with Crippen LogP contribution in [0.25, 0.3) is 0 Å². The summed E-state index contributed by atoms with van der Waals surface area (Å²) >= 11 is 8.49. The third kappa shape index (κ3) is 4.01. The Balaban J connectivity index is 2.20. The number of rotatable bonds is 4. The van der Waals surface area contributed by atoms with Crippen molar-refractivity contribution in [2.45, 2.75) is 45.7 Å². The highest BCUT2D eigenvalue weighted by Gasteiger charge is 2.28. The van der Waals surface area contributed by atoms with Gasteiger partial charge in [0.25, 0.3) is 0 Å². The molecule has 2 atom stereocenters. The smallest absolute Gasteiger partial charge is 0.0506 e. The molecule has 20 heavy (non-hydrogen) atoms. The average molecular weight is 407 g/mol. The number of anilines is 1. The zero-order valence-electron chi connectivity index (χ0n) is 12.5. The normalized spacial score (nSPS) is 23.4. The topological polar surface area (TPSA) is 15.3 Å². The SMILES string of the molecule is CCC1CNC(CC(C)C)CN1c1ccc(Cl)cc1I. The first kappa shape index (κ1) is 16.4. The Bertz CT molecular complexity index is 450. The number of nitrogens with zero attached hydrogens (tertiary/aromatic N) is 1. The summed E-state index contributed by atoms with van der Waals surface area (Å²) in [5.41, 5.74) is 1.33. The summed E-state index contributed by atoms with van der Waals surface area (Å²) in [6, 6.07) is 7.40. The van der Waals surface area contributed by atoms with Crippen LogP contribution in [0.2, 0.25) is 5.02 Å². The highest BCUT2D eigenvalue weighted by molar-refractivity contribution is 14.1. The molecule has 1 aliphatic heterocycles. The molecule has 0 aromatic heterocycles. The molecule has 2 unspecified atom stereocenters. The van der Waals surface area contributed by atoms with E-state index in [2.05, 4.69) is 65.7 Å². The summed E-state index contributed by atoms with van der Waals surface area (Å²) in [6.07, 6.45) is 2.40. The molecule has 1 aromatic carbocycles. The minimum Gasteiger partial charge on any atom is -0.365 e. The number of halogens is 2. The van der Waals surface area contributed by atoms with Crippen molar-refractivity contribution in [2.75, 3.05) is 18.0 Å². The highest BCUT2D eigenvalue weighted by Crippen LogP contribution is 2.30. The van der Waals surface area contributed by atoms with E-state index in [9.17, 15) is 0 Å². The van der Waals surface area contributed by atoms with Crippen LogP contribution in [0.4, 0.5) is 5.69 Å². The van der Waals surface area contributed by atoms with Crippen LogP contribution in [0.1, 0.15) is 33.6 Å². The van der Waals surface area contributed by atoms with E-state index in [-0.39, 0.29) is 0 Å². The Hall–Kier alpha value is -0.000000000000000111. The molecule has 1 fully saturated rings. The van der Waals surface area contributed by atoms with E-state index in [0.717, 1.165) is 24.0 Å². The van der Waals surface area contributed by atoms with E-state index in [4.69, 9.17) is 11.6 Å². The van der Waals surface area contributed by atoms with Crippen LogP contribution in [0, 0.1) is 9.49 Å². The largest absolute Gasteiger partial charge is 0.365 e. The van der Waals surface area contributed by atoms with Gasteiger partial charge in [0.1, 0.15) is 0 Å². The van der Waals surface area contributed by atoms with Crippen LogP contribution in [-0.4, -0.2) is 25.2 Å². The highest BCUT2D eigenvalue weighted by atomic mass is 127. The molecule has 0 bridgehead atoms. The quantitative estimate of drug-likeness (QED) is 0.738. The maximum absolute atomic E-state index is 6.09. The number of nitrogens with one attached hydrogen (secondary N) is 1. The molecule has 0 aliphatic carbocycles. The van der Waals surface area contributed by atoms with Gasteiger partial charge < -0.3 is 10.2 Å². The Labute approximate surface area is 141 Å². The van der Waals surface area contributed by atoms with E-state index < -0.39 is 0 Å². The summed E-state index contributed by atoms with van der Waals surface area (Å²) in [6.45, 7) is 9.03. The molecule has 0 saturated carbocycles. The maximum atomic E-state index is 6.09. The summed E-state index contributed by atoms with van der Waals surface area (Å²) in [7, 11) is 0. The zero-order chi connectivity index (χ0) is 14.7. The van der Waals surface area contributed by atoms with Crippen LogP contribution in [0.15, 0.2) is 18.2 Å². The van der Waals surface area contributed by atoms with Gasteiger partial charge >= 0.3 is 0 Å². The first-order valence-electron chi connectivity index (χ1n) is 7.46. The van der Waals surface area contributed by atoms with Gasteiger partial charge in [-0.15, -0.1) is 0 Å². The molecule has 0 amide bonds. The molecule has 0 radical (unpaired) electrons. The molecule has 1 aliphatic rings. The lowest BCUT2D eigenvalue weighted by atomic mass is 9.98. The Morgan fingerprint density at radius 1 is 1.45 bits per heavy atom. The third-order valence-corrected chi connectivity index (χ3v) is 5.05. The van der Waals surface area contributed by atoms with Gasteiger partial charge in [0, 0.05) is 33.8 Å². The predicted molar refractivity (Wildman–Crippen MR) is 96.8 cm³/mol. The number of hydrogen-bond donors (Lipinski definition) is 1. The molecule has 4 heteroatoms. The lowest BCUT2D eigenvalue weighted by molar-refractivity contribution is 0.343. The molecule has 2 nitrogen and oxygen atoms in total. The van der Waals surface area contributed by atoms with Gasteiger partial charge in [-0.1, -0.05) is 32.4 Å². The molecule has 0 spiro atoms. The maximum Gasteiger partial charge on any atom is 0.0506 e. The summed E-state index contributed by atoms with van der Waals surface area (Å²) in [5.74, 6) is 0.733. The van der Waals surface area contributed by atoms with Gasteiger partial charge in [0.05, 0.1) is 5.69 Å². The van der Waals surface area contributed by atoms with Crippen LogP contribution in [0.5, 0.6) is 0 Å². The number of hydrogen-bond acceptors (Lipinski definition) is 2. The van der Waals surface area contributed by atoms with Crippen molar-refractivity contribution in [2.24, 2.45) is 5.92 Å². The van der Waals surface area contributed by atoms with Crippen LogP contribution in [-0.2, 0) is 0 Å². The van der Waals surface area contributed by atoms with Crippen LogP contribution >= 0.6 is 34.2 Å². The van der Waals surface area contributed by atoms with E-state index in [1.165, 1.54) is 22.1 Å². The molecule has 2 rings (SSSR count). The van der Waals surface area contributed by atoms with Gasteiger partial charge in [-0.3, -0.25) is 0 Å². The van der Waals surface area contributed by atoms with Crippen molar-refractivity contribution < 1.29 is 0 Å². The van der Waals surface area contributed by atoms with Gasteiger partial charge in [0.2, 0.25) is 0 Å². The first-order valence-corrected chi connectivity index (χ1v) is 8.92. The molecule has 1 aromatic rings. The molecular formula is C16H24ClIN2. The fraction of sp³-hybridized carbons (Fsp3) is 0.625. The predicted octanol–water partition coefficient (Wildman–Crippen LogP) is 4.55. The Kier molecular flexibility index (Phi) is 5.99. The van der Waals surface area contributed by atoms with E-state index >= 15 is 0 Å². The fourth-order valence-corrected chi connectivity index (χ4v) is 4.15. The van der Waals surface area contributed by atoms with Gasteiger partial charge in [0.15, 0.2) is 0 Å². The number of piperazine rings is 1. The number of benzene rings is 1. The Morgan fingerprint density at radius 3 is 2.80 bits per heavy atom. The second-order valence-corrected chi connectivity index (χ2v) is 7.64. The summed E-state index contributed by atoms with van der Waals surface area (Å²) < 4.78 is 1.25. The molecule has 1 N–H and O–H groups in total. The van der Waals surface area contributed by atoms with Crippen LogP contribution in [0.3, 0.4) is 0 Å². The molecule has 112 valence electrons. The first-order chi connectivity index (χ1) is 9.51. The van der Waals surface area contributed by atoms with Gasteiger partial charge in [-0.25, -0.2) is 0 Å². The molecule has 1 heterocycles. The van der Waals surface area contributed by atoms with E-state index in [1.54, 1.807) is 0 Å². The van der Waals surface area contributed by atoms with Crippen molar-refractivity contribution >= 4 is 39.9 Å². The third-order valence-electron chi connectivity index (χ3n) is 3.95.